The third-order valence-electron chi connectivity index (χ3n) is 13.9. The number of rotatable bonds is 41. The molecule has 0 fully saturated rings. The van der Waals surface area contributed by atoms with Gasteiger partial charge in [-0.05, 0) is 62.5 Å². The van der Waals surface area contributed by atoms with Gasteiger partial charge in [0, 0.05) is 25.8 Å². The van der Waals surface area contributed by atoms with Gasteiger partial charge in [-0.3, -0.25) is 72.1 Å². The van der Waals surface area contributed by atoms with Gasteiger partial charge in [0.1, 0.15) is 60.9 Å². The number of benzene rings is 2. The van der Waals surface area contributed by atoms with Crippen LogP contribution in [0.5, 0.6) is 0 Å². The highest BCUT2D eigenvalue weighted by Gasteiger charge is 2.38. The fraction of sp³-hybridized carbons (Fsp3) is 0.534. The summed E-state index contributed by atoms with van der Waals surface area (Å²) in [6.45, 7) is 8.36. The Morgan fingerprint density at radius 2 is 0.912 bits per heavy atom. The van der Waals surface area contributed by atoms with Crippen LogP contribution >= 0.6 is 0 Å². The van der Waals surface area contributed by atoms with Crippen molar-refractivity contribution in [1.29, 1.82) is 0 Å². The first-order chi connectivity index (χ1) is 42.7. The van der Waals surface area contributed by atoms with Crippen molar-refractivity contribution in [3.63, 3.8) is 0 Å². The number of hydrogen-bond acceptors (Lipinski definition) is 17. The summed E-state index contributed by atoms with van der Waals surface area (Å²) in [5, 5.41) is 44.2. The van der Waals surface area contributed by atoms with Crippen LogP contribution in [0.2, 0.25) is 0 Å². The van der Waals surface area contributed by atoms with Crippen molar-refractivity contribution in [2.45, 2.75) is 172 Å². The van der Waals surface area contributed by atoms with E-state index in [1.807, 2.05) is 0 Å². The molecule has 2 aromatic rings. The highest BCUT2D eigenvalue weighted by Crippen LogP contribution is 2.14. The molecule has 2 aromatic carbocycles. The Hall–Kier alpha value is -9.79. The standard InChI is InChI=1S/C58H89N17O16/c1-7-30(4)46(74-49(83)35(59)20-21-42(60)77)56(90)73-37(23-29(2)3)52(86)72-41(27-44(62)79)54(88)71-40(26-43(61)78)51(85)67-31(5)48(82)69-38(24-33-15-10-8-11-16-33)53(87)70-39(25-34-17-12-9-13-18-34)55(89)75-47(32(6)76)57(91)68-36(19-14-22-65-58(63)64)50(84)66-28-45(80)81/h8-13,15-18,29-32,35-41,46-47,76H,7,14,19-28,59H2,1-6H3,(H2,60,77)(H2,61,78)(H2,62,79)(H,66,84)(H,67,85)(H,68,91)(H,69,82)(H,70,87)(H,71,88)(H,72,86)(H,73,90)(H,74,83)(H,75,89)(H,80,81)(H4,63,64,65)/t30-,31-,32+,35-,36-,37-,38-,39-,40-,41-,46-,47-/m0/s1. The van der Waals surface area contributed by atoms with Crippen LogP contribution in [0.4, 0.5) is 0 Å². The second-order valence-corrected chi connectivity index (χ2v) is 22.2. The Morgan fingerprint density at radius 1 is 0.484 bits per heavy atom. The maximum atomic E-state index is 14.5. The van der Waals surface area contributed by atoms with Crippen molar-refractivity contribution >= 4 is 88.7 Å². The van der Waals surface area contributed by atoms with Crippen LogP contribution in [0.3, 0.4) is 0 Å². The third-order valence-corrected chi connectivity index (χ3v) is 13.9. The third kappa shape index (κ3) is 29.4. The lowest BCUT2D eigenvalue weighted by Crippen LogP contribution is -2.62. The zero-order valence-electron chi connectivity index (χ0n) is 51.8. The van der Waals surface area contributed by atoms with Crippen LogP contribution < -0.4 is 87.6 Å². The van der Waals surface area contributed by atoms with Crippen LogP contribution in [-0.2, 0) is 80.0 Å². The Morgan fingerprint density at radius 3 is 1.37 bits per heavy atom. The summed E-state index contributed by atoms with van der Waals surface area (Å²) in [6.07, 6.45) is -3.91. The molecule has 0 aromatic heterocycles. The molecule has 2 rings (SSSR count). The highest BCUT2D eigenvalue weighted by molar-refractivity contribution is 6.00. The monoisotopic (exact) mass is 1280 g/mol. The number of aliphatic imine (C=N–C) groups is 1. The zero-order valence-corrected chi connectivity index (χ0v) is 51.8. The number of carbonyl (C=O) groups is 14. The number of aliphatic carboxylic acids is 1. The minimum Gasteiger partial charge on any atom is -0.480 e. The quantitative estimate of drug-likeness (QED) is 0.0167. The van der Waals surface area contributed by atoms with Gasteiger partial charge in [-0.1, -0.05) is 94.8 Å². The molecular weight excluding hydrogens is 1190 g/mol. The normalized spacial score (nSPS) is 14.9. The number of aliphatic hydroxyl groups is 1. The van der Waals surface area contributed by atoms with E-state index in [1.165, 1.54) is 6.92 Å². The van der Waals surface area contributed by atoms with Gasteiger partial charge in [0.25, 0.3) is 0 Å². The minimum absolute atomic E-state index is 0.0142. The predicted octanol–water partition coefficient (Wildman–Crippen LogP) is -6.07. The SMILES string of the molecule is CC[C@H](C)[C@H](NC(=O)[C@@H](N)CCC(N)=O)C(=O)N[C@@H](CC(C)C)C(=O)N[C@@H](CC(N)=O)C(=O)N[C@@H](CC(N)=O)C(=O)N[C@@H](C)C(=O)N[C@@H](Cc1ccccc1)C(=O)N[C@@H](Cc1ccccc1)C(=O)N[C@H](C(=O)N[C@@H](CCCN=C(N)N)C(=O)NCC(=O)O)[C@@H](C)O. The second kappa shape index (κ2) is 39.3. The fourth-order valence-electron chi connectivity index (χ4n) is 8.77. The molecule has 0 heterocycles. The molecule has 33 heteroatoms. The van der Waals surface area contributed by atoms with Crippen LogP contribution in [0.15, 0.2) is 65.7 Å². The van der Waals surface area contributed by atoms with E-state index >= 15 is 0 Å². The van der Waals surface area contributed by atoms with Crippen molar-refractivity contribution < 1.29 is 77.3 Å². The summed E-state index contributed by atoms with van der Waals surface area (Å²) in [6, 6.07) is 0.946. The van der Waals surface area contributed by atoms with E-state index in [0.717, 1.165) is 6.92 Å². The number of aliphatic hydroxyl groups excluding tert-OH is 1. The first-order valence-electron chi connectivity index (χ1n) is 29.4. The Labute approximate surface area is 526 Å². The number of carbonyl (C=O) groups excluding carboxylic acids is 13. The van der Waals surface area contributed by atoms with Gasteiger partial charge in [-0.15, -0.1) is 0 Å². The largest absolute Gasteiger partial charge is 0.480 e. The van der Waals surface area contributed by atoms with E-state index in [0.29, 0.717) is 17.5 Å². The Kier molecular flexibility index (Phi) is 33.4. The van der Waals surface area contributed by atoms with Gasteiger partial charge in [0.15, 0.2) is 5.96 Å². The molecule has 0 saturated carbocycles. The zero-order chi connectivity index (χ0) is 68.7. The van der Waals surface area contributed by atoms with Gasteiger partial charge < -0.3 is 97.8 Å². The van der Waals surface area contributed by atoms with Crippen LogP contribution in [0, 0.1) is 11.8 Å². The number of guanidine groups is 1. The summed E-state index contributed by atoms with van der Waals surface area (Å²) >= 11 is 0. The molecule has 0 aliphatic carbocycles. The summed E-state index contributed by atoms with van der Waals surface area (Å²) < 4.78 is 0. The van der Waals surface area contributed by atoms with Crippen LogP contribution in [-0.4, -0.2) is 179 Å². The summed E-state index contributed by atoms with van der Waals surface area (Å²) in [5.41, 5.74) is 33.9. The molecule has 0 saturated heterocycles. The van der Waals surface area contributed by atoms with Gasteiger partial charge >= 0.3 is 5.97 Å². The molecule has 13 amide bonds. The number of hydrogen-bond donors (Lipinski definition) is 18. The molecular formula is C58H89N17O16. The fourth-order valence-corrected chi connectivity index (χ4v) is 8.77. The number of nitrogens with two attached hydrogens (primary N) is 6. The van der Waals surface area contributed by atoms with E-state index in [-0.39, 0.29) is 63.4 Å². The van der Waals surface area contributed by atoms with Crippen molar-refractivity contribution in [3.8, 4) is 0 Å². The van der Waals surface area contributed by atoms with Gasteiger partial charge in [0.2, 0.25) is 76.8 Å². The molecule has 0 bridgehead atoms. The van der Waals surface area contributed by atoms with Gasteiger partial charge in [-0.25, -0.2) is 0 Å². The van der Waals surface area contributed by atoms with Crippen molar-refractivity contribution in [2.24, 2.45) is 51.2 Å². The molecule has 91 heavy (non-hydrogen) atoms. The summed E-state index contributed by atoms with van der Waals surface area (Å²) in [5.74, 6) is -15.5. The van der Waals surface area contributed by atoms with Crippen molar-refractivity contribution in [1.82, 2.24) is 53.2 Å². The minimum atomic E-state index is -1.89. The van der Waals surface area contributed by atoms with E-state index in [2.05, 4.69) is 58.2 Å². The maximum absolute atomic E-state index is 14.5. The van der Waals surface area contributed by atoms with Crippen LogP contribution in [0.1, 0.15) is 104 Å². The molecule has 33 nitrogen and oxygen atoms in total. The van der Waals surface area contributed by atoms with E-state index in [9.17, 15) is 72.2 Å². The number of nitrogens with one attached hydrogen (secondary N) is 10. The Bertz CT molecular complexity index is 2880. The van der Waals surface area contributed by atoms with Gasteiger partial charge in [0.05, 0.1) is 25.0 Å². The predicted molar refractivity (Wildman–Crippen MR) is 329 cm³/mol. The highest BCUT2D eigenvalue weighted by atomic mass is 16.4. The number of amides is 13. The average molecular weight is 1280 g/mol. The lowest BCUT2D eigenvalue weighted by Gasteiger charge is -2.29. The summed E-state index contributed by atoms with van der Waals surface area (Å²) in [4.78, 5) is 190. The average Bonchev–Trinajstić information content (AvgIpc) is 3.53. The maximum Gasteiger partial charge on any atom is 0.322 e. The number of carboxylic acid groups (broad SMARTS) is 1. The molecule has 0 unspecified atom stereocenters. The van der Waals surface area contributed by atoms with E-state index < -0.39 is 175 Å². The van der Waals surface area contributed by atoms with E-state index in [4.69, 9.17) is 39.5 Å². The van der Waals surface area contributed by atoms with Crippen LogP contribution in [0.25, 0.3) is 0 Å². The molecule has 0 radical (unpaired) electrons. The van der Waals surface area contributed by atoms with Crippen molar-refractivity contribution in [3.05, 3.63) is 71.8 Å². The first-order valence-corrected chi connectivity index (χ1v) is 29.4. The first kappa shape index (κ1) is 77.3. The molecule has 0 aliphatic heterocycles. The lowest BCUT2D eigenvalue weighted by molar-refractivity contribution is -0.139. The molecule has 12 atom stereocenters. The van der Waals surface area contributed by atoms with E-state index in [1.54, 1.807) is 88.4 Å². The van der Waals surface area contributed by atoms with Gasteiger partial charge in [-0.2, -0.15) is 0 Å². The molecule has 0 aliphatic rings. The molecule has 0 spiro atoms. The number of carboxylic acids is 1. The summed E-state index contributed by atoms with van der Waals surface area (Å²) in [7, 11) is 0. The lowest BCUT2D eigenvalue weighted by atomic mass is 9.96. The van der Waals surface area contributed by atoms with Crippen molar-refractivity contribution in [2.75, 3.05) is 13.1 Å². The number of nitrogens with zero attached hydrogens (tertiary/aromatic N) is 1. The topological polar surface area (TPSA) is 568 Å². The smallest absolute Gasteiger partial charge is 0.322 e. The second-order valence-electron chi connectivity index (χ2n) is 22.2. The Balaban J connectivity index is 2.46. The number of primary amides is 3. The molecule has 502 valence electrons. The molecule has 24 N–H and O–H groups in total.